The van der Waals surface area contributed by atoms with E-state index in [2.05, 4.69) is 10.4 Å². The van der Waals surface area contributed by atoms with Gasteiger partial charge in [-0.25, -0.2) is 4.68 Å². The molecule has 1 aromatic heterocycles. The average Bonchev–Trinajstić information content (AvgIpc) is 2.84. The number of hydrogen-bond donors (Lipinski definition) is 1. The lowest BCUT2D eigenvalue weighted by Crippen LogP contribution is -2.32. The molecule has 0 unspecified atom stereocenters. The molecule has 0 saturated heterocycles. The van der Waals surface area contributed by atoms with Gasteiger partial charge in [-0.1, -0.05) is 66.7 Å². The van der Waals surface area contributed by atoms with E-state index in [0.717, 1.165) is 11.1 Å². The van der Waals surface area contributed by atoms with Crippen LogP contribution >= 0.6 is 0 Å². The maximum atomic E-state index is 13.5. The predicted molar refractivity (Wildman–Crippen MR) is 126 cm³/mol. The Labute approximate surface area is 186 Å². The number of anilines is 1. The molecule has 6 heteroatoms. The van der Waals surface area contributed by atoms with Crippen molar-refractivity contribution >= 4 is 11.6 Å². The number of carbonyl (C=O) groups is 1. The highest BCUT2D eigenvalue weighted by Gasteiger charge is 2.25. The third-order valence-electron chi connectivity index (χ3n) is 5.12. The summed E-state index contributed by atoms with van der Waals surface area (Å²) in [4.78, 5) is 26.8. The Morgan fingerprint density at radius 3 is 2.22 bits per heavy atom. The van der Waals surface area contributed by atoms with E-state index in [1.54, 1.807) is 31.4 Å². The number of ether oxygens (including phenoxy) is 1. The summed E-state index contributed by atoms with van der Waals surface area (Å²) in [7, 11) is 1.56. The van der Waals surface area contributed by atoms with Crippen LogP contribution in [-0.2, 0) is 6.54 Å². The van der Waals surface area contributed by atoms with Gasteiger partial charge in [0.1, 0.15) is 11.3 Å². The molecule has 6 nitrogen and oxygen atoms in total. The summed E-state index contributed by atoms with van der Waals surface area (Å²) in [6.45, 7) is 2.17. The van der Waals surface area contributed by atoms with Crippen LogP contribution in [0.4, 0.5) is 5.69 Å². The predicted octanol–water partition coefficient (Wildman–Crippen LogP) is 4.86. The fourth-order valence-corrected chi connectivity index (χ4v) is 3.57. The standard InChI is InChI=1S/C26H23N3O3/c1-3-29-26(31)23(25(30)27-20-15-10-16-21(17-20)32-2)22(18-11-6-4-7-12-18)24(28-29)19-13-8-5-9-14-19/h4-17H,3H2,1-2H3,(H,27,30). The summed E-state index contributed by atoms with van der Waals surface area (Å²) in [5.74, 6) is 0.112. The summed E-state index contributed by atoms with van der Waals surface area (Å²) in [6.07, 6.45) is 0. The van der Waals surface area contributed by atoms with Gasteiger partial charge in [0.15, 0.2) is 0 Å². The minimum atomic E-state index is -0.496. The zero-order valence-electron chi connectivity index (χ0n) is 17.9. The van der Waals surface area contributed by atoms with Gasteiger partial charge in [-0.05, 0) is 24.6 Å². The lowest BCUT2D eigenvalue weighted by molar-refractivity contribution is 0.102. The number of nitrogens with zero attached hydrogens (tertiary/aromatic N) is 2. The van der Waals surface area contributed by atoms with Crippen LogP contribution in [-0.4, -0.2) is 22.8 Å². The molecule has 0 atom stereocenters. The highest BCUT2D eigenvalue weighted by molar-refractivity contribution is 6.10. The molecule has 0 radical (unpaired) electrons. The molecular weight excluding hydrogens is 402 g/mol. The Kier molecular flexibility index (Phi) is 6.12. The van der Waals surface area contributed by atoms with Gasteiger partial charge in [-0.2, -0.15) is 5.10 Å². The van der Waals surface area contributed by atoms with Crippen LogP contribution in [0.25, 0.3) is 22.4 Å². The number of carbonyl (C=O) groups excluding carboxylic acids is 1. The van der Waals surface area contributed by atoms with Gasteiger partial charge in [-0.15, -0.1) is 0 Å². The van der Waals surface area contributed by atoms with Crippen molar-refractivity contribution in [1.29, 1.82) is 0 Å². The van der Waals surface area contributed by atoms with Crippen molar-refractivity contribution in [3.8, 4) is 28.1 Å². The fourth-order valence-electron chi connectivity index (χ4n) is 3.57. The van der Waals surface area contributed by atoms with Gasteiger partial charge in [0, 0.05) is 29.4 Å². The molecular formula is C26H23N3O3. The first-order valence-electron chi connectivity index (χ1n) is 10.3. The molecule has 1 heterocycles. The molecule has 0 bridgehead atoms. The van der Waals surface area contributed by atoms with E-state index in [1.807, 2.05) is 67.6 Å². The molecule has 3 aromatic carbocycles. The summed E-state index contributed by atoms with van der Waals surface area (Å²) in [6, 6.07) is 26.0. The summed E-state index contributed by atoms with van der Waals surface area (Å²) < 4.78 is 6.57. The first-order valence-corrected chi connectivity index (χ1v) is 10.3. The van der Waals surface area contributed by atoms with Crippen LogP contribution in [0.2, 0.25) is 0 Å². The number of nitrogens with one attached hydrogen (secondary N) is 1. The molecule has 0 fully saturated rings. The van der Waals surface area contributed by atoms with Gasteiger partial charge < -0.3 is 10.1 Å². The van der Waals surface area contributed by atoms with Crippen LogP contribution < -0.4 is 15.6 Å². The second-order valence-corrected chi connectivity index (χ2v) is 7.14. The normalized spacial score (nSPS) is 10.6. The molecule has 0 aliphatic rings. The molecule has 160 valence electrons. The van der Waals surface area contributed by atoms with E-state index in [9.17, 15) is 9.59 Å². The number of aryl methyl sites for hydroxylation is 1. The maximum Gasteiger partial charge on any atom is 0.280 e. The highest BCUT2D eigenvalue weighted by atomic mass is 16.5. The maximum absolute atomic E-state index is 13.5. The summed E-state index contributed by atoms with van der Waals surface area (Å²) >= 11 is 0. The first kappa shape index (κ1) is 21.1. The van der Waals surface area contributed by atoms with Crippen molar-refractivity contribution in [2.24, 2.45) is 0 Å². The smallest absolute Gasteiger partial charge is 0.280 e. The average molecular weight is 425 g/mol. The fraction of sp³-hybridized carbons (Fsp3) is 0.115. The monoisotopic (exact) mass is 425 g/mol. The molecule has 0 saturated carbocycles. The topological polar surface area (TPSA) is 73.2 Å². The number of rotatable bonds is 6. The lowest BCUT2D eigenvalue weighted by Gasteiger charge is -2.17. The first-order chi connectivity index (χ1) is 15.6. The zero-order valence-corrected chi connectivity index (χ0v) is 17.9. The molecule has 4 aromatic rings. The van der Waals surface area contributed by atoms with E-state index in [0.29, 0.717) is 29.2 Å². The van der Waals surface area contributed by atoms with Gasteiger partial charge >= 0.3 is 0 Å². The molecule has 32 heavy (non-hydrogen) atoms. The van der Waals surface area contributed by atoms with E-state index in [4.69, 9.17) is 4.74 Å². The second-order valence-electron chi connectivity index (χ2n) is 7.14. The molecule has 0 spiro atoms. The van der Waals surface area contributed by atoms with Crippen molar-refractivity contribution in [1.82, 2.24) is 9.78 Å². The van der Waals surface area contributed by atoms with Crippen molar-refractivity contribution in [2.75, 3.05) is 12.4 Å². The largest absolute Gasteiger partial charge is 0.497 e. The van der Waals surface area contributed by atoms with Crippen molar-refractivity contribution in [3.05, 3.63) is 101 Å². The van der Waals surface area contributed by atoms with E-state index < -0.39 is 11.5 Å². The number of benzene rings is 3. The number of amides is 1. The van der Waals surface area contributed by atoms with Crippen LogP contribution in [0.15, 0.2) is 89.7 Å². The Hall–Kier alpha value is -4.19. The van der Waals surface area contributed by atoms with Crippen molar-refractivity contribution in [3.63, 3.8) is 0 Å². The number of aromatic nitrogens is 2. The van der Waals surface area contributed by atoms with Crippen LogP contribution in [0, 0.1) is 0 Å². The highest BCUT2D eigenvalue weighted by Crippen LogP contribution is 2.32. The minimum absolute atomic E-state index is 0.0507. The van der Waals surface area contributed by atoms with Crippen LogP contribution in [0.1, 0.15) is 17.3 Å². The SMILES string of the molecule is CCn1nc(-c2ccccc2)c(-c2ccccc2)c(C(=O)Nc2cccc(OC)c2)c1=O. The van der Waals surface area contributed by atoms with Crippen LogP contribution in [0.3, 0.4) is 0 Å². The van der Waals surface area contributed by atoms with E-state index in [1.165, 1.54) is 4.68 Å². The van der Waals surface area contributed by atoms with Gasteiger partial charge in [0.25, 0.3) is 11.5 Å². The Morgan fingerprint density at radius 1 is 0.938 bits per heavy atom. The molecule has 1 amide bonds. The quantitative estimate of drug-likeness (QED) is 0.479. The van der Waals surface area contributed by atoms with E-state index >= 15 is 0 Å². The second kappa shape index (κ2) is 9.31. The van der Waals surface area contributed by atoms with E-state index in [-0.39, 0.29) is 5.56 Å². The third-order valence-corrected chi connectivity index (χ3v) is 5.12. The van der Waals surface area contributed by atoms with Gasteiger partial charge in [-0.3, -0.25) is 9.59 Å². The third kappa shape index (κ3) is 4.16. The van der Waals surface area contributed by atoms with Gasteiger partial charge in [0.2, 0.25) is 0 Å². The number of methoxy groups -OCH3 is 1. The summed E-state index contributed by atoms with van der Waals surface area (Å²) in [5.41, 5.74) is 2.80. The number of hydrogen-bond acceptors (Lipinski definition) is 4. The molecule has 0 aliphatic heterocycles. The summed E-state index contributed by atoms with van der Waals surface area (Å²) in [5, 5.41) is 7.47. The minimum Gasteiger partial charge on any atom is -0.497 e. The van der Waals surface area contributed by atoms with Crippen molar-refractivity contribution < 1.29 is 9.53 Å². The lowest BCUT2D eigenvalue weighted by atomic mass is 9.95. The zero-order chi connectivity index (χ0) is 22.5. The van der Waals surface area contributed by atoms with Crippen LogP contribution in [0.5, 0.6) is 5.75 Å². The Morgan fingerprint density at radius 2 is 1.59 bits per heavy atom. The Bertz CT molecular complexity index is 1300. The van der Waals surface area contributed by atoms with Crippen molar-refractivity contribution in [2.45, 2.75) is 13.5 Å². The Balaban J connectivity index is 1.95. The molecule has 4 rings (SSSR count). The van der Waals surface area contributed by atoms with Gasteiger partial charge in [0.05, 0.1) is 12.8 Å². The molecule has 1 N–H and O–H groups in total. The molecule has 0 aliphatic carbocycles.